The zero-order chi connectivity index (χ0) is 21.6. The maximum absolute atomic E-state index is 13.6. The molecule has 29 heavy (non-hydrogen) atoms. The van der Waals surface area contributed by atoms with Crippen molar-refractivity contribution in [3.05, 3.63) is 65.1 Å². The smallest absolute Gasteiger partial charge is 0.305 e. The number of imidazole rings is 1. The van der Waals surface area contributed by atoms with Crippen molar-refractivity contribution >= 4 is 17.5 Å². The van der Waals surface area contributed by atoms with Gasteiger partial charge in [-0.1, -0.05) is 13.0 Å². The summed E-state index contributed by atoms with van der Waals surface area (Å²) >= 11 is 0. The maximum atomic E-state index is 13.6. The first-order chi connectivity index (χ1) is 13.8. The minimum Gasteiger partial charge on any atom is -0.485 e. The van der Waals surface area contributed by atoms with Gasteiger partial charge in [-0.3, -0.25) is 14.0 Å². The number of halogens is 2. The zero-order valence-electron chi connectivity index (χ0n) is 16.2. The summed E-state index contributed by atoms with van der Waals surface area (Å²) in [7, 11) is 1.38. The number of rotatable bonds is 5. The highest BCUT2D eigenvalue weighted by atomic mass is 19.1. The number of methoxy groups -OCH3 is 1. The molecule has 2 aromatic heterocycles. The van der Waals surface area contributed by atoms with Crippen molar-refractivity contribution in [1.29, 1.82) is 0 Å². The highest BCUT2D eigenvalue weighted by molar-refractivity contribution is 5.93. The average Bonchev–Trinajstić information content (AvgIpc) is 3.04. The zero-order valence-corrected chi connectivity index (χ0v) is 16.2. The second kappa shape index (κ2) is 9.63. The number of primary amides is 1. The lowest BCUT2D eigenvalue weighted by atomic mass is 10.2. The predicted molar refractivity (Wildman–Crippen MR) is 101 cm³/mol. The van der Waals surface area contributed by atoms with Gasteiger partial charge < -0.3 is 15.2 Å². The lowest BCUT2D eigenvalue weighted by Crippen LogP contribution is -2.15. The molecule has 7 nitrogen and oxygen atoms in total. The van der Waals surface area contributed by atoms with E-state index in [1.54, 1.807) is 32.2 Å². The van der Waals surface area contributed by atoms with Crippen LogP contribution in [-0.4, -0.2) is 28.4 Å². The Hall–Kier alpha value is -3.49. The minimum atomic E-state index is -0.686. The van der Waals surface area contributed by atoms with E-state index in [1.807, 2.05) is 0 Å². The van der Waals surface area contributed by atoms with Gasteiger partial charge >= 0.3 is 5.97 Å². The monoisotopic (exact) mass is 405 g/mol. The molecule has 0 unspecified atom stereocenters. The van der Waals surface area contributed by atoms with Crippen LogP contribution in [0.2, 0.25) is 0 Å². The number of esters is 1. The van der Waals surface area contributed by atoms with Crippen molar-refractivity contribution in [1.82, 2.24) is 9.38 Å². The number of hydrogen-bond donors (Lipinski definition) is 1. The normalized spacial score (nSPS) is 10.2. The molecule has 0 aliphatic carbocycles. The molecule has 2 heterocycles. The van der Waals surface area contributed by atoms with Gasteiger partial charge in [0.1, 0.15) is 23.9 Å². The van der Waals surface area contributed by atoms with Gasteiger partial charge in [-0.15, -0.1) is 0 Å². The van der Waals surface area contributed by atoms with Crippen LogP contribution in [0.3, 0.4) is 0 Å². The highest BCUT2D eigenvalue weighted by Crippen LogP contribution is 2.23. The van der Waals surface area contributed by atoms with E-state index in [4.69, 9.17) is 10.5 Å². The number of fused-ring (bicyclic) bond motifs is 1. The Kier molecular flexibility index (Phi) is 7.24. The topological polar surface area (TPSA) is 95.9 Å². The third-order valence-corrected chi connectivity index (χ3v) is 3.97. The van der Waals surface area contributed by atoms with Gasteiger partial charge in [0.2, 0.25) is 0 Å². The van der Waals surface area contributed by atoms with Crippen LogP contribution < -0.4 is 10.5 Å². The first-order valence-corrected chi connectivity index (χ1v) is 8.70. The fourth-order valence-electron chi connectivity index (χ4n) is 2.53. The number of benzene rings is 1. The molecule has 0 saturated carbocycles. The molecule has 1 aromatic carbocycles. The summed E-state index contributed by atoms with van der Waals surface area (Å²) in [5, 5.41) is 0. The Bertz CT molecular complexity index is 1010. The minimum absolute atomic E-state index is 0.157. The highest BCUT2D eigenvalue weighted by Gasteiger charge is 2.17. The molecular formula is C20H21F2N3O4. The molecule has 0 aliphatic heterocycles. The molecule has 0 aliphatic rings. The van der Waals surface area contributed by atoms with Crippen LogP contribution in [0.1, 0.15) is 35.1 Å². The van der Waals surface area contributed by atoms with Crippen molar-refractivity contribution < 1.29 is 27.8 Å². The third kappa shape index (κ3) is 5.07. The van der Waals surface area contributed by atoms with E-state index in [0.717, 1.165) is 12.1 Å². The standard InChI is InChI=1S/C16H13F2N3O2.C4H8O2/c1-9-14(15(19)22)21-7-3-6-13(16(21)20-9)23-8-10-11(17)4-2-5-12(10)18;1-3-4(5)6-2/h2-7H,8H2,1H3,(H2,19,22);3H2,1-2H3. The summed E-state index contributed by atoms with van der Waals surface area (Å²) in [6.07, 6.45) is 2.09. The van der Waals surface area contributed by atoms with Crippen molar-refractivity contribution in [2.24, 2.45) is 5.73 Å². The van der Waals surface area contributed by atoms with Gasteiger partial charge in [-0.05, 0) is 31.2 Å². The number of pyridine rings is 1. The Morgan fingerprint density at radius 1 is 1.17 bits per heavy atom. The molecule has 154 valence electrons. The van der Waals surface area contributed by atoms with Crippen molar-refractivity contribution in [2.45, 2.75) is 26.9 Å². The lowest BCUT2D eigenvalue weighted by Gasteiger charge is -2.09. The molecule has 0 fully saturated rings. The van der Waals surface area contributed by atoms with Crippen LogP contribution in [0.5, 0.6) is 5.75 Å². The number of amides is 1. The van der Waals surface area contributed by atoms with Gasteiger partial charge in [0, 0.05) is 12.6 Å². The Morgan fingerprint density at radius 3 is 2.34 bits per heavy atom. The quantitative estimate of drug-likeness (QED) is 0.658. The van der Waals surface area contributed by atoms with Crippen molar-refractivity contribution in [3.63, 3.8) is 0 Å². The van der Waals surface area contributed by atoms with Gasteiger partial charge in [-0.25, -0.2) is 13.8 Å². The largest absolute Gasteiger partial charge is 0.485 e. The van der Waals surface area contributed by atoms with Crippen LogP contribution in [0.15, 0.2) is 36.5 Å². The molecule has 0 atom stereocenters. The first kappa shape index (κ1) is 21.8. The average molecular weight is 405 g/mol. The summed E-state index contributed by atoms with van der Waals surface area (Å²) < 4.78 is 38.5. The number of aromatic nitrogens is 2. The Labute approximate surface area is 166 Å². The van der Waals surface area contributed by atoms with Gasteiger partial charge in [0.25, 0.3) is 5.91 Å². The van der Waals surface area contributed by atoms with Crippen LogP contribution in [-0.2, 0) is 16.1 Å². The fourth-order valence-corrected chi connectivity index (χ4v) is 2.53. The summed E-state index contributed by atoms with van der Waals surface area (Å²) in [5.74, 6) is -1.85. The number of carbonyl (C=O) groups excluding carboxylic acids is 2. The van der Waals surface area contributed by atoms with E-state index in [9.17, 15) is 18.4 Å². The summed E-state index contributed by atoms with van der Waals surface area (Å²) in [5.41, 5.74) is 6.21. The van der Waals surface area contributed by atoms with E-state index >= 15 is 0 Å². The second-order valence-electron chi connectivity index (χ2n) is 5.89. The van der Waals surface area contributed by atoms with E-state index in [2.05, 4.69) is 9.72 Å². The molecule has 0 radical (unpaired) electrons. The van der Waals surface area contributed by atoms with Crippen LogP contribution in [0.4, 0.5) is 8.78 Å². The Morgan fingerprint density at radius 2 is 1.83 bits per heavy atom. The van der Waals surface area contributed by atoms with Gasteiger partial charge in [-0.2, -0.15) is 0 Å². The predicted octanol–water partition coefficient (Wildman–Crippen LogP) is 3.17. The molecule has 3 rings (SSSR count). The summed E-state index contributed by atoms with van der Waals surface area (Å²) in [6.45, 7) is 3.11. The molecular weight excluding hydrogens is 384 g/mol. The number of ether oxygens (including phenoxy) is 2. The molecule has 1 amide bonds. The number of carbonyl (C=O) groups is 2. The summed E-state index contributed by atoms with van der Waals surface area (Å²) in [6, 6.07) is 6.84. The third-order valence-electron chi connectivity index (χ3n) is 3.97. The number of nitrogens with zero attached hydrogens (tertiary/aromatic N) is 2. The second-order valence-corrected chi connectivity index (χ2v) is 5.89. The molecule has 0 spiro atoms. The summed E-state index contributed by atoms with van der Waals surface area (Å²) in [4.78, 5) is 25.7. The molecule has 0 bridgehead atoms. The number of nitrogens with two attached hydrogens (primary N) is 1. The molecule has 0 saturated heterocycles. The molecule has 2 N–H and O–H groups in total. The first-order valence-electron chi connectivity index (χ1n) is 8.70. The lowest BCUT2D eigenvalue weighted by molar-refractivity contribution is -0.140. The van der Waals surface area contributed by atoms with E-state index < -0.39 is 17.5 Å². The Balaban J connectivity index is 0.000000438. The van der Waals surface area contributed by atoms with E-state index in [0.29, 0.717) is 23.5 Å². The molecule has 9 heteroatoms. The van der Waals surface area contributed by atoms with Gasteiger partial charge in [0.15, 0.2) is 11.4 Å². The fraction of sp³-hybridized carbons (Fsp3) is 0.250. The van der Waals surface area contributed by atoms with E-state index in [1.165, 1.54) is 17.6 Å². The van der Waals surface area contributed by atoms with E-state index in [-0.39, 0.29) is 23.8 Å². The van der Waals surface area contributed by atoms with Crippen LogP contribution in [0, 0.1) is 18.6 Å². The number of hydrogen-bond acceptors (Lipinski definition) is 5. The van der Waals surface area contributed by atoms with Crippen LogP contribution >= 0.6 is 0 Å². The molecule has 3 aromatic rings. The van der Waals surface area contributed by atoms with Crippen molar-refractivity contribution in [3.8, 4) is 5.75 Å². The van der Waals surface area contributed by atoms with Crippen molar-refractivity contribution in [2.75, 3.05) is 7.11 Å². The number of aryl methyl sites for hydroxylation is 1. The SMILES string of the molecule is CCC(=O)OC.Cc1nc2c(OCc3c(F)cccc3F)cccn2c1C(N)=O. The van der Waals surface area contributed by atoms with Gasteiger partial charge in [0.05, 0.1) is 18.4 Å². The van der Waals surface area contributed by atoms with Crippen LogP contribution in [0.25, 0.3) is 5.65 Å². The maximum Gasteiger partial charge on any atom is 0.305 e.